The molecule has 3 aromatic rings. The Bertz CT molecular complexity index is 1350. The van der Waals surface area contributed by atoms with Gasteiger partial charge in [-0.2, -0.15) is 0 Å². The molecule has 3 rings (SSSR count). The SMILES string of the molecule is CCCNC(=O)[C@H](C)N(Cc1ccc(C)cc1)C(=O)CN(c1cc(Cl)cc(Cl)c1)S(=O)(=O)c1ccccc1. The first kappa shape index (κ1) is 29.5. The summed E-state index contributed by atoms with van der Waals surface area (Å²) in [5.74, 6) is -0.879. The van der Waals surface area contributed by atoms with Crippen molar-refractivity contribution in [3.8, 4) is 0 Å². The molecule has 0 spiro atoms. The smallest absolute Gasteiger partial charge is 0.264 e. The Morgan fingerprint density at radius 2 is 1.55 bits per heavy atom. The Hall–Kier alpha value is -3.07. The van der Waals surface area contributed by atoms with Crippen molar-refractivity contribution in [3.63, 3.8) is 0 Å². The van der Waals surface area contributed by atoms with Crippen molar-refractivity contribution in [1.29, 1.82) is 0 Å². The lowest BCUT2D eigenvalue weighted by Gasteiger charge is -2.32. The molecular formula is C28H31Cl2N3O4S. The fraction of sp³-hybridized carbons (Fsp3) is 0.286. The zero-order chi connectivity index (χ0) is 27.9. The molecule has 0 aliphatic carbocycles. The van der Waals surface area contributed by atoms with Crippen LogP contribution in [0.3, 0.4) is 0 Å². The van der Waals surface area contributed by atoms with Crippen LogP contribution in [-0.4, -0.2) is 44.3 Å². The summed E-state index contributed by atoms with van der Waals surface area (Å²) in [7, 11) is -4.19. The quantitative estimate of drug-likeness (QED) is 0.330. The van der Waals surface area contributed by atoms with Crippen molar-refractivity contribution < 1.29 is 18.0 Å². The molecule has 0 bridgehead atoms. The van der Waals surface area contributed by atoms with E-state index in [9.17, 15) is 18.0 Å². The molecule has 0 aromatic heterocycles. The molecule has 202 valence electrons. The van der Waals surface area contributed by atoms with E-state index in [-0.39, 0.29) is 33.1 Å². The van der Waals surface area contributed by atoms with Crippen LogP contribution in [0.1, 0.15) is 31.4 Å². The molecule has 0 aliphatic heterocycles. The molecule has 0 aliphatic rings. The largest absolute Gasteiger partial charge is 0.354 e. The van der Waals surface area contributed by atoms with Crippen molar-refractivity contribution in [2.45, 2.75) is 44.7 Å². The second-order valence-corrected chi connectivity index (χ2v) is 11.7. The van der Waals surface area contributed by atoms with E-state index in [1.807, 2.05) is 38.1 Å². The summed E-state index contributed by atoms with van der Waals surface area (Å²) in [6.07, 6.45) is 0.739. The average molecular weight is 577 g/mol. The first-order valence-corrected chi connectivity index (χ1v) is 14.4. The van der Waals surface area contributed by atoms with Gasteiger partial charge in [-0.15, -0.1) is 0 Å². The average Bonchev–Trinajstić information content (AvgIpc) is 2.89. The van der Waals surface area contributed by atoms with Crippen molar-refractivity contribution in [1.82, 2.24) is 10.2 Å². The molecule has 0 unspecified atom stereocenters. The summed E-state index contributed by atoms with van der Waals surface area (Å²) in [5.41, 5.74) is 2.00. The molecule has 0 radical (unpaired) electrons. The highest BCUT2D eigenvalue weighted by Crippen LogP contribution is 2.30. The molecule has 1 N–H and O–H groups in total. The zero-order valence-corrected chi connectivity index (χ0v) is 23.9. The number of rotatable bonds is 11. The fourth-order valence-electron chi connectivity index (χ4n) is 3.80. The standard InChI is InChI=1S/C28H31Cl2N3O4S/c1-4-14-31-28(35)21(3)32(18-22-12-10-20(2)11-13-22)27(34)19-33(25-16-23(29)15-24(30)17-25)38(36,37)26-8-6-5-7-9-26/h5-13,15-17,21H,4,14,18-19H2,1-3H3,(H,31,35)/t21-/m0/s1. The Balaban J connectivity index is 2.03. The first-order valence-electron chi connectivity index (χ1n) is 12.2. The van der Waals surface area contributed by atoms with E-state index in [2.05, 4.69) is 5.32 Å². The van der Waals surface area contributed by atoms with E-state index < -0.39 is 28.5 Å². The molecule has 10 heteroatoms. The summed E-state index contributed by atoms with van der Waals surface area (Å²) >= 11 is 12.4. The van der Waals surface area contributed by atoms with Gasteiger partial charge in [-0.3, -0.25) is 13.9 Å². The van der Waals surface area contributed by atoms with E-state index in [1.165, 1.54) is 35.2 Å². The number of anilines is 1. The van der Waals surface area contributed by atoms with Gasteiger partial charge >= 0.3 is 0 Å². The van der Waals surface area contributed by atoms with E-state index in [0.29, 0.717) is 6.54 Å². The van der Waals surface area contributed by atoms with Gasteiger partial charge in [-0.1, -0.05) is 78.2 Å². The van der Waals surface area contributed by atoms with E-state index in [4.69, 9.17) is 23.2 Å². The maximum atomic E-state index is 13.8. The molecular weight excluding hydrogens is 545 g/mol. The van der Waals surface area contributed by atoms with Crippen molar-refractivity contribution in [3.05, 3.63) is 94.0 Å². The van der Waals surface area contributed by atoms with Gasteiger partial charge in [0, 0.05) is 23.1 Å². The molecule has 0 heterocycles. The molecule has 0 fully saturated rings. The minimum absolute atomic E-state index is 0.00252. The molecule has 0 saturated carbocycles. The molecule has 7 nitrogen and oxygen atoms in total. The van der Waals surface area contributed by atoms with Gasteiger partial charge in [0.1, 0.15) is 12.6 Å². The lowest BCUT2D eigenvalue weighted by Crippen LogP contribution is -2.51. The predicted molar refractivity (Wildman–Crippen MR) is 152 cm³/mol. The third kappa shape index (κ3) is 7.49. The van der Waals surface area contributed by atoms with Crippen LogP contribution in [0.5, 0.6) is 0 Å². The Morgan fingerprint density at radius 3 is 2.13 bits per heavy atom. The number of amides is 2. The third-order valence-corrected chi connectivity index (χ3v) is 8.16. The van der Waals surface area contributed by atoms with Gasteiger partial charge in [0.05, 0.1) is 10.6 Å². The number of carbonyl (C=O) groups excluding carboxylic acids is 2. The molecule has 38 heavy (non-hydrogen) atoms. The van der Waals surface area contributed by atoms with Crippen LogP contribution in [-0.2, 0) is 26.2 Å². The first-order chi connectivity index (χ1) is 18.0. The monoisotopic (exact) mass is 575 g/mol. The number of halogens is 2. The maximum Gasteiger partial charge on any atom is 0.264 e. The Labute approximate surface area is 234 Å². The topological polar surface area (TPSA) is 86.8 Å². The second kappa shape index (κ2) is 13.1. The number of carbonyl (C=O) groups is 2. The van der Waals surface area contributed by atoms with Crippen LogP contribution in [0.25, 0.3) is 0 Å². The molecule has 0 saturated heterocycles. The Morgan fingerprint density at radius 1 is 0.947 bits per heavy atom. The number of nitrogens with one attached hydrogen (secondary N) is 1. The maximum absolute atomic E-state index is 13.8. The number of hydrogen-bond acceptors (Lipinski definition) is 4. The van der Waals surface area contributed by atoms with E-state index >= 15 is 0 Å². The molecule has 3 aromatic carbocycles. The summed E-state index contributed by atoms with van der Waals surface area (Å²) in [6, 6.07) is 18.9. The lowest BCUT2D eigenvalue weighted by atomic mass is 10.1. The van der Waals surface area contributed by atoms with Crippen molar-refractivity contribution in [2.24, 2.45) is 0 Å². The highest BCUT2D eigenvalue weighted by Gasteiger charge is 2.32. The minimum Gasteiger partial charge on any atom is -0.354 e. The zero-order valence-electron chi connectivity index (χ0n) is 21.5. The number of hydrogen-bond donors (Lipinski definition) is 1. The van der Waals surface area contributed by atoms with Crippen LogP contribution in [0, 0.1) is 6.92 Å². The Kier molecular flexibility index (Phi) is 10.2. The van der Waals surface area contributed by atoms with Gasteiger partial charge < -0.3 is 10.2 Å². The molecule has 2 amide bonds. The highest BCUT2D eigenvalue weighted by atomic mass is 35.5. The van der Waals surface area contributed by atoms with Gasteiger partial charge in [0.15, 0.2) is 0 Å². The summed E-state index contributed by atoms with van der Waals surface area (Å²) < 4.78 is 28.5. The number of aryl methyl sites for hydroxylation is 1. The van der Waals surface area contributed by atoms with Crippen LogP contribution in [0.15, 0.2) is 77.7 Å². The van der Waals surface area contributed by atoms with E-state index in [0.717, 1.165) is 21.9 Å². The van der Waals surface area contributed by atoms with Crippen molar-refractivity contribution >= 4 is 50.7 Å². The normalized spacial score (nSPS) is 12.0. The number of sulfonamides is 1. The second-order valence-electron chi connectivity index (χ2n) is 8.93. The summed E-state index contributed by atoms with van der Waals surface area (Å²) in [4.78, 5) is 28.1. The predicted octanol–water partition coefficient (Wildman–Crippen LogP) is 5.44. The van der Waals surface area contributed by atoms with Gasteiger partial charge in [0.25, 0.3) is 10.0 Å². The fourth-order valence-corrected chi connectivity index (χ4v) is 5.73. The minimum atomic E-state index is -4.19. The number of benzene rings is 3. The van der Waals surface area contributed by atoms with Crippen LogP contribution in [0.2, 0.25) is 10.0 Å². The number of nitrogens with zero attached hydrogens (tertiary/aromatic N) is 2. The van der Waals surface area contributed by atoms with Crippen molar-refractivity contribution in [2.75, 3.05) is 17.4 Å². The van der Waals surface area contributed by atoms with Crippen LogP contribution < -0.4 is 9.62 Å². The van der Waals surface area contributed by atoms with Gasteiger partial charge in [-0.25, -0.2) is 8.42 Å². The molecule has 1 atom stereocenters. The van der Waals surface area contributed by atoms with Gasteiger partial charge in [0.2, 0.25) is 11.8 Å². The third-order valence-electron chi connectivity index (χ3n) is 5.94. The lowest BCUT2D eigenvalue weighted by molar-refractivity contribution is -0.139. The van der Waals surface area contributed by atoms with Crippen LogP contribution in [0.4, 0.5) is 5.69 Å². The van der Waals surface area contributed by atoms with Crippen LogP contribution >= 0.6 is 23.2 Å². The van der Waals surface area contributed by atoms with Gasteiger partial charge in [-0.05, 0) is 56.2 Å². The summed E-state index contributed by atoms with van der Waals surface area (Å²) in [6.45, 7) is 5.54. The highest BCUT2D eigenvalue weighted by molar-refractivity contribution is 7.92. The van der Waals surface area contributed by atoms with E-state index in [1.54, 1.807) is 25.1 Å². The summed E-state index contributed by atoms with van der Waals surface area (Å²) in [5, 5.41) is 3.26.